The quantitative estimate of drug-likeness (QED) is 0.390. The number of nitrogens with one attached hydrogen (secondary N) is 1. The van der Waals surface area contributed by atoms with Crippen molar-refractivity contribution < 1.29 is 22.9 Å². The molecule has 2 aromatic rings. The van der Waals surface area contributed by atoms with Crippen LogP contribution >= 0.6 is 0 Å². The second-order valence-electron chi connectivity index (χ2n) is 7.46. The third kappa shape index (κ3) is 6.32. The zero-order chi connectivity index (χ0) is 23.1. The Balaban J connectivity index is 1.42. The van der Waals surface area contributed by atoms with Gasteiger partial charge in [0.1, 0.15) is 5.82 Å². The Labute approximate surface area is 183 Å². The smallest absolute Gasteiger partial charge is 0.385 e. The second-order valence-corrected chi connectivity index (χ2v) is 7.46. The van der Waals surface area contributed by atoms with Crippen LogP contribution in [0, 0.1) is 10.1 Å². The molecule has 0 radical (unpaired) electrons. The monoisotopic (exact) mass is 451 g/mol. The fourth-order valence-electron chi connectivity index (χ4n) is 3.47. The molecule has 0 spiro atoms. The minimum Gasteiger partial charge on any atom is -0.385 e. The van der Waals surface area contributed by atoms with Crippen LogP contribution in [0.5, 0.6) is 0 Å². The molecular weight excluding hydrogens is 427 g/mol. The van der Waals surface area contributed by atoms with E-state index in [2.05, 4.69) is 10.3 Å². The number of carbonyl (C=O) groups is 1. The van der Waals surface area contributed by atoms with Crippen molar-refractivity contribution in [2.75, 3.05) is 42.9 Å². The molecule has 8 nitrogen and oxygen atoms in total. The minimum atomic E-state index is -4.42. The van der Waals surface area contributed by atoms with Gasteiger partial charge >= 0.3 is 6.18 Å². The summed E-state index contributed by atoms with van der Waals surface area (Å²) in [5.41, 5.74) is -0.0138. The number of nitro benzene ring substituents is 1. The fourth-order valence-corrected chi connectivity index (χ4v) is 3.47. The van der Waals surface area contributed by atoms with Gasteiger partial charge in [-0.1, -0.05) is 0 Å². The van der Waals surface area contributed by atoms with E-state index in [9.17, 15) is 28.1 Å². The molecule has 2 heterocycles. The van der Waals surface area contributed by atoms with Gasteiger partial charge in [-0.2, -0.15) is 13.2 Å². The number of rotatable bonds is 7. The zero-order valence-corrected chi connectivity index (χ0v) is 17.3. The molecule has 1 amide bonds. The van der Waals surface area contributed by atoms with Crippen LogP contribution in [0.3, 0.4) is 0 Å². The van der Waals surface area contributed by atoms with E-state index in [4.69, 9.17) is 0 Å². The Hall–Kier alpha value is -3.37. The third-order valence-electron chi connectivity index (χ3n) is 5.22. The number of aromatic nitrogens is 1. The second kappa shape index (κ2) is 10.3. The van der Waals surface area contributed by atoms with Gasteiger partial charge < -0.3 is 15.1 Å². The van der Waals surface area contributed by atoms with Gasteiger partial charge in [-0.3, -0.25) is 14.9 Å². The Morgan fingerprint density at radius 1 is 1.09 bits per heavy atom. The number of halogens is 3. The highest BCUT2D eigenvalue weighted by Crippen LogP contribution is 2.29. The van der Waals surface area contributed by atoms with Crippen LogP contribution in [0.1, 0.15) is 24.8 Å². The molecule has 1 aliphatic rings. The van der Waals surface area contributed by atoms with E-state index in [0.717, 1.165) is 18.0 Å². The molecule has 0 bridgehead atoms. The summed E-state index contributed by atoms with van der Waals surface area (Å²) in [6.07, 6.45) is -1.91. The number of hydrogen-bond donors (Lipinski definition) is 1. The van der Waals surface area contributed by atoms with Crippen LogP contribution in [-0.4, -0.2) is 53.4 Å². The summed E-state index contributed by atoms with van der Waals surface area (Å²) in [6, 6.07) is 8.47. The van der Waals surface area contributed by atoms with E-state index in [1.165, 1.54) is 18.2 Å². The zero-order valence-electron chi connectivity index (χ0n) is 17.3. The van der Waals surface area contributed by atoms with Gasteiger partial charge in [-0.15, -0.1) is 0 Å². The van der Waals surface area contributed by atoms with Gasteiger partial charge in [-0.25, -0.2) is 4.98 Å². The minimum absolute atomic E-state index is 0.0208. The SMILES string of the molecule is O=C(CCCNc1ccc([N+](=O)[O-])cc1)N1CCCN(c2ccc(C(F)(F)F)cn2)CC1. The number of hydrogen-bond acceptors (Lipinski definition) is 6. The van der Waals surface area contributed by atoms with Crippen LogP contribution < -0.4 is 10.2 Å². The van der Waals surface area contributed by atoms with Crippen molar-refractivity contribution in [3.63, 3.8) is 0 Å². The normalized spacial score (nSPS) is 14.7. The Morgan fingerprint density at radius 2 is 1.84 bits per heavy atom. The number of benzene rings is 1. The lowest BCUT2D eigenvalue weighted by Crippen LogP contribution is -2.35. The maximum absolute atomic E-state index is 12.7. The molecule has 3 rings (SSSR count). The summed E-state index contributed by atoms with van der Waals surface area (Å²) in [6.45, 7) is 2.75. The van der Waals surface area contributed by atoms with Gasteiger partial charge in [0.2, 0.25) is 5.91 Å². The predicted octanol–water partition coefficient (Wildman–Crippen LogP) is 3.94. The first kappa shape index (κ1) is 23.3. The largest absolute Gasteiger partial charge is 0.417 e. The molecule has 0 unspecified atom stereocenters. The fraction of sp³-hybridized carbons (Fsp3) is 0.429. The lowest BCUT2D eigenvalue weighted by atomic mass is 10.2. The number of amides is 1. The first-order valence-corrected chi connectivity index (χ1v) is 10.3. The summed E-state index contributed by atoms with van der Waals surface area (Å²) < 4.78 is 38.1. The van der Waals surface area contributed by atoms with E-state index in [1.54, 1.807) is 17.0 Å². The molecule has 1 N–H and O–H groups in total. The van der Waals surface area contributed by atoms with Crippen LogP contribution in [0.25, 0.3) is 0 Å². The molecule has 0 atom stereocenters. The maximum atomic E-state index is 12.7. The lowest BCUT2D eigenvalue weighted by Gasteiger charge is -2.23. The van der Waals surface area contributed by atoms with Gasteiger partial charge in [-0.05, 0) is 37.1 Å². The number of alkyl halides is 3. The predicted molar refractivity (Wildman–Crippen MR) is 113 cm³/mol. The van der Waals surface area contributed by atoms with Crippen LogP contribution in [0.15, 0.2) is 42.6 Å². The van der Waals surface area contributed by atoms with Crippen molar-refractivity contribution in [1.29, 1.82) is 0 Å². The number of anilines is 2. The van der Waals surface area contributed by atoms with Crippen molar-refractivity contribution in [3.05, 3.63) is 58.3 Å². The van der Waals surface area contributed by atoms with E-state index in [-0.39, 0.29) is 11.6 Å². The number of non-ortho nitro benzene ring substituents is 1. The number of pyridine rings is 1. The average molecular weight is 451 g/mol. The standard InChI is InChI=1S/C21H24F3N5O3/c22-21(23,24)16-4-9-19(26-15-16)27-11-2-12-28(14-13-27)20(30)3-1-10-25-17-5-7-18(8-6-17)29(31)32/h4-9,15,25H,1-3,10-14H2. The lowest BCUT2D eigenvalue weighted by molar-refractivity contribution is -0.384. The van der Waals surface area contributed by atoms with Crippen molar-refractivity contribution >= 4 is 23.1 Å². The van der Waals surface area contributed by atoms with Crippen molar-refractivity contribution in [2.24, 2.45) is 0 Å². The van der Waals surface area contributed by atoms with Crippen LogP contribution in [0.2, 0.25) is 0 Å². The average Bonchev–Trinajstić information content (AvgIpc) is 3.03. The summed E-state index contributed by atoms with van der Waals surface area (Å²) in [4.78, 5) is 30.4. The summed E-state index contributed by atoms with van der Waals surface area (Å²) in [7, 11) is 0. The highest BCUT2D eigenvalue weighted by Gasteiger charge is 2.31. The molecule has 0 saturated carbocycles. The first-order chi connectivity index (χ1) is 15.2. The number of carbonyl (C=O) groups excluding carboxylic acids is 1. The molecular formula is C21H24F3N5O3. The molecule has 1 fully saturated rings. The Kier molecular flexibility index (Phi) is 7.49. The van der Waals surface area contributed by atoms with Crippen molar-refractivity contribution in [1.82, 2.24) is 9.88 Å². The maximum Gasteiger partial charge on any atom is 0.417 e. The molecule has 1 aromatic carbocycles. The van der Waals surface area contributed by atoms with E-state index in [0.29, 0.717) is 57.8 Å². The van der Waals surface area contributed by atoms with Crippen LogP contribution in [-0.2, 0) is 11.0 Å². The number of nitro groups is 1. The van der Waals surface area contributed by atoms with Gasteiger partial charge in [0, 0.05) is 63.2 Å². The highest BCUT2D eigenvalue weighted by atomic mass is 19.4. The van der Waals surface area contributed by atoms with Crippen molar-refractivity contribution in [2.45, 2.75) is 25.4 Å². The summed E-state index contributed by atoms with van der Waals surface area (Å²) in [5.74, 6) is 0.498. The van der Waals surface area contributed by atoms with E-state index < -0.39 is 16.7 Å². The first-order valence-electron chi connectivity index (χ1n) is 10.3. The van der Waals surface area contributed by atoms with E-state index in [1.807, 2.05) is 4.90 Å². The highest BCUT2D eigenvalue weighted by molar-refractivity contribution is 5.76. The van der Waals surface area contributed by atoms with Gasteiger partial charge in [0.25, 0.3) is 5.69 Å². The molecule has 11 heteroatoms. The summed E-state index contributed by atoms with van der Waals surface area (Å²) >= 11 is 0. The van der Waals surface area contributed by atoms with Gasteiger partial charge in [0.15, 0.2) is 0 Å². The van der Waals surface area contributed by atoms with Crippen molar-refractivity contribution in [3.8, 4) is 0 Å². The molecule has 1 aromatic heterocycles. The molecule has 0 aliphatic carbocycles. The number of nitrogens with zero attached hydrogens (tertiary/aromatic N) is 4. The topological polar surface area (TPSA) is 91.6 Å². The Bertz CT molecular complexity index is 920. The molecule has 1 aliphatic heterocycles. The molecule has 1 saturated heterocycles. The molecule has 172 valence electrons. The third-order valence-corrected chi connectivity index (χ3v) is 5.22. The van der Waals surface area contributed by atoms with Crippen LogP contribution in [0.4, 0.5) is 30.4 Å². The van der Waals surface area contributed by atoms with Gasteiger partial charge in [0.05, 0.1) is 10.5 Å². The Morgan fingerprint density at radius 3 is 2.47 bits per heavy atom. The van der Waals surface area contributed by atoms with E-state index >= 15 is 0 Å². The molecule has 32 heavy (non-hydrogen) atoms. The summed E-state index contributed by atoms with van der Waals surface area (Å²) in [5, 5.41) is 13.8.